The molecule has 3 unspecified atom stereocenters. The molecule has 0 radical (unpaired) electrons. The van der Waals surface area contributed by atoms with Crippen molar-refractivity contribution in [3.05, 3.63) is 92.3 Å². The number of anilines is 1. The molecule has 1 aliphatic rings. The lowest BCUT2D eigenvalue weighted by molar-refractivity contribution is -0.0460. The van der Waals surface area contributed by atoms with Gasteiger partial charge in [0.2, 0.25) is 5.88 Å². The lowest BCUT2D eigenvalue weighted by Gasteiger charge is -2.21. The Bertz CT molecular complexity index is 1650. The summed E-state index contributed by atoms with van der Waals surface area (Å²) >= 11 is 0. The van der Waals surface area contributed by atoms with Crippen LogP contribution in [0.2, 0.25) is 0 Å². The van der Waals surface area contributed by atoms with Crippen LogP contribution in [-0.2, 0) is 18.0 Å². The lowest BCUT2D eigenvalue weighted by atomic mass is 10.1. The molecule has 0 spiro atoms. The van der Waals surface area contributed by atoms with Gasteiger partial charge in [-0.15, -0.1) is 0 Å². The van der Waals surface area contributed by atoms with Crippen LogP contribution in [0, 0.1) is 6.92 Å². The summed E-state index contributed by atoms with van der Waals surface area (Å²) in [4.78, 5) is 31.1. The number of ether oxygens (including phenoxy) is 3. The van der Waals surface area contributed by atoms with Crippen molar-refractivity contribution < 1.29 is 28.8 Å². The first-order chi connectivity index (χ1) is 20.3. The third-order valence-corrected chi connectivity index (χ3v) is 7.42. The van der Waals surface area contributed by atoms with Gasteiger partial charge in [0.25, 0.3) is 0 Å². The predicted molar refractivity (Wildman–Crippen MR) is 156 cm³/mol. The number of aryl methyl sites for hydroxylation is 1. The standard InChI is InChI=1S/C31H35N3O8/c1-4-33(5-2)22-8-11-24-21(12-29(37)42-26(24)13-22)18-39-23-9-6-20(7-10-23)17-40-30-19(3)15-34(31(38)32-30)28-14-25(36)27(16-35)41-28/h6-13,15,25,27-28,35-36H,4-5,14,16-18H2,1-3H3. The average molecular weight is 578 g/mol. The normalized spacial score (nSPS) is 18.4. The van der Waals surface area contributed by atoms with E-state index in [1.165, 1.54) is 10.6 Å². The monoisotopic (exact) mass is 577 g/mol. The van der Waals surface area contributed by atoms with Gasteiger partial charge < -0.3 is 33.7 Å². The fourth-order valence-electron chi connectivity index (χ4n) is 5.07. The summed E-state index contributed by atoms with van der Waals surface area (Å²) in [5.74, 6) is 0.824. The molecule has 4 aromatic rings. The Morgan fingerprint density at radius 2 is 1.81 bits per heavy atom. The van der Waals surface area contributed by atoms with Gasteiger partial charge in [-0.2, -0.15) is 4.98 Å². The van der Waals surface area contributed by atoms with E-state index < -0.39 is 29.8 Å². The minimum absolute atomic E-state index is 0.183. The van der Waals surface area contributed by atoms with Crippen molar-refractivity contribution in [2.75, 3.05) is 24.6 Å². The molecule has 5 rings (SSSR count). The van der Waals surface area contributed by atoms with E-state index in [0.29, 0.717) is 16.9 Å². The van der Waals surface area contributed by atoms with E-state index in [2.05, 4.69) is 23.7 Å². The van der Waals surface area contributed by atoms with Crippen LogP contribution in [0.4, 0.5) is 5.69 Å². The zero-order valence-corrected chi connectivity index (χ0v) is 23.9. The van der Waals surface area contributed by atoms with Gasteiger partial charge in [0.15, 0.2) is 0 Å². The van der Waals surface area contributed by atoms with Crippen molar-refractivity contribution in [1.82, 2.24) is 9.55 Å². The quantitative estimate of drug-likeness (QED) is 0.256. The van der Waals surface area contributed by atoms with Crippen LogP contribution < -0.4 is 25.7 Å². The summed E-state index contributed by atoms with van der Waals surface area (Å²) in [5.41, 5.74) is 2.74. The molecule has 0 bridgehead atoms. The number of hydrogen-bond acceptors (Lipinski definition) is 10. The van der Waals surface area contributed by atoms with Crippen molar-refractivity contribution in [3.63, 3.8) is 0 Å². The minimum atomic E-state index is -0.854. The maximum atomic E-state index is 12.6. The smallest absolute Gasteiger partial charge is 0.352 e. The molecule has 3 atom stereocenters. The molecule has 2 aromatic carbocycles. The molecule has 3 heterocycles. The lowest BCUT2D eigenvalue weighted by Crippen LogP contribution is -2.28. The molecule has 11 nitrogen and oxygen atoms in total. The number of aliphatic hydroxyl groups is 2. The second-order valence-electron chi connectivity index (χ2n) is 10.2. The van der Waals surface area contributed by atoms with Crippen molar-refractivity contribution >= 4 is 16.7 Å². The minimum Gasteiger partial charge on any atom is -0.489 e. The highest BCUT2D eigenvalue weighted by atomic mass is 16.5. The van der Waals surface area contributed by atoms with Crippen LogP contribution in [0.1, 0.15) is 43.2 Å². The van der Waals surface area contributed by atoms with E-state index in [0.717, 1.165) is 35.3 Å². The van der Waals surface area contributed by atoms with Crippen LogP contribution in [0.15, 0.2) is 68.7 Å². The van der Waals surface area contributed by atoms with E-state index in [9.17, 15) is 19.8 Å². The van der Waals surface area contributed by atoms with Crippen LogP contribution in [-0.4, -0.2) is 51.7 Å². The summed E-state index contributed by atoms with van der Waals surface area (Å²) in [7, 11) is 0. The maximum absolute atomic E-state index is 12.6. The third-order valence-electron chi connectivity index (χ3n) is 7.42. The van der Waals surface area contributed by atoms with Gasteiger partial charge in [0.05, 0.1) is 12.7 Å². The van der Waals surface area contributed by atoms with Crippen molar-refractivity contribution in [1.29, 1.82) is 0 Å². The number of hydrogen-bond donors (Lipinski definition) is 2. The Kier molecular flexibility index (Phi) is 8.91. The number of nitrogens with zero attached hydrogens (tertiary/aromatic N) is 3. The third kappa shape index (κ3) is 6.33. The summed E-state index contributed by atoms with van der Waals surface area (Å²) < 4.78 is 24.1. The molecule has 1 aliphatic heterocycles. The Morgan fingerprint density at radius 3 is 2.50 bits per heavy atom. The first-order valence-electron chi connectivity index (χ1n) is 14.0. The number of aromatic nitrogens is 2. The Hall–Kier alpha value is -4.19. The molecule has 1 fully saturated rings. The second kappa shape index (κ2) is 12.8. The highest BCUT2D eigenvalue weighted by Gasteiger charge is 2.35. The van der Waals surface area contributed by atoms with Gasteiger partial charge in [-0.3, -0.25) is 4.57 Å². The molecule has 2 N–H and O–H groups in total. The van der Waals surface area contributed by atoms with E-state index in [-0.39, 0.29) is 32.1 Å². The fraction of sp³-hybridized carbons (Fsp3) is 0.387. The average Bonchev–Trinajstić information content (AvgIpc) is 3.37. The molecular weight excluding hydrogens is 542 g/mol. The Balaban J connectivity index is 1.21. The fourth-order valence-corrected chi connectivity index (χ4v) is 5.07. The van der Waals surface area contributed by atoms with E-state index in [4.69, 9.17) is 18.6 Å². The first-order valence-corrected chi connectivity index (χ1v) is 14.0. The summed E-state index contributed by atoms with van der Waals surface area (Å²) in [6.45, 7) is 7.68. The van der Waals surface area contributed by atoms with Gasteiger partial charge in [-0.1, -0.05) is 12.1 Å². The summed E-state index contributed by atoms with van der Waals surface area (Å²) in [6.07, 6.45) is -0.523. The highest BCUT2D eigenvalue weighted by molar-refractivity contribution is 5.83. The number of benzene rings is 2. The maximum Gasteiger partial charge on any atom is 0.352 e. The van der Waals surface area contributed by atoms with E-state index in [1.807, 2.05) is 42.5 Å². The predicted octanol–water partition coefficient (Wildman–Crippen LogP) is 3.30. The second-order valence-corrected chi connectivity index (χ2v) is 10.2. The molecule has 2 aromatic heterocycles. The van der Waals surface area contributed by atoms with E-state index in [1.54, 1.807) is 13.1 Å². The van der Waals surface area contributed by atoms with Gasteiger partial charge in [-0.25, -0.2) is 9.59 Å². The van der Waals surface area contributed by atoms with Crippen molar-refractivity contribution in [2.24, 2.45) is 0 Å². The first kappa shape index (κ1) is 29.3. The Morgan fingerprint density at radius 1 is 1.05 bits per heavy atom. The van der Waals surface area contributed by atoms with Crippen LogP contribution in [0.5, 0.6) is 11.6 Å². The summed E-state index contributed by atoms with van der Waals surface area (Å²) in [6, 6.07) is 14.6. The molecule has 222 valence electrons. The highest BCUT2D eigenvalue weighted by Crippen LogP contribution is 2.29. The zero-order chi connectivity index (χ0) is 29.8. The van der Waals surface area contributed by atoms with Crippen LogP contribution in [0.3, 0.4) is 0 Å². The topological polar surface area (TPSA) is 136 Å². The van der Waals surface area contributed by atoms with E-state index >= 15 is 0 Å². The number of fused-ring (bicyclic) bond motifs is 1. The van der Waals surface area contributed by atoms with Gasteiger partial charge in [-0.05, 0) is 50.6 Å². The Labute approximate surface area is 242 Å². The van der Waals surface area contributed by atoms with Gasteiger partial charge in [0.1, 0.15) is 36.9 Å². The zero-order valence-electron chi connectivity index (χ0n) is 23.9. The molecule has 1 saturated heterocycles. The number of aliphatic hydroxyl groups excluding tert-OH is 2. The van der Waals surface area contributed by atoms with Crippen LogP contribution in [0.25, 0.3) is 11.0 Å². The molecular formula is C31H35N3O8. The molecule has 42 heavy (non-hydrogen) atoms. The van der Waals surface area contributed by atoms with Crippen LogP contribution >= 0.6 is 0 Å². The van der Waals surface area contributed by atoms with Gasteiger partial charge >= 0.3 is 11.3 Å². The molecule has 0 saturated carbocycles. The largest absolute Gasteiger partial charge is 0.489 e. The SMILES string of the molecule is CCN(CC)c1ccc2c(COc3ccc(COc4nc(=O)n(C5CC(O)C(CO)O5)cc4C)cc3)cc(=O)oc2c1. The molecule has 11 heteroatoms. The summed E-state index contributed by atoms with van der Waals surface area (Å²) in [5, 5.41) is 20.1. The van der Waals surface area contributed by atoms with Crippen molar-refractivity contribution in [3.8, 4) is 11.6 Å². The van der Waals surface area contributed by atoms with Crippen molar-refractivity contribution in [2.45, 2.75) is 58.8 Å². The molecule has 0 amide bonds. The molecule has 0 aliphatic carbocycles. The van der Waals surface area contributed by atoms with Gasteiger partial charge in [0, 0.05) is 60.0 Å². The number of rotatable bonds is 11.